The molecule has 0 radical (unpaired) electrons. The summed E-state index contributed by atoms with van der Waals surface area (Å²) >= 11 is 1.45. The highest BCUT2D eigenvalue weighted by Gasteiger charge is 2.32. The van der Waals surface area contributed by atoms with Crippen LogP contribution in [-0.4, -0.2) is 28.0 Å². The zero-order valence-electron chi connectivity index (χ0n) is 14.7. The molecule has 25 heavy (non-hydrogen) atoms. The Labute approximate surface area is 150 Å². The van der Waals surface area contributed by atoms with Gasteiger partial charge in [-0.05, 0) is 26.3 Å². The summed E-state index contributed by atoms with van der Waals surface area (Å²) in [6.07, 6.45) is 0.847. The van der Waals surface area contributed by atoms with E-state index in [1.54, 1.807) is 4.68 Å². The Morgan fingerprint density at radius 3 is 2.80 bits per heavy atom. The summed E-state index contributed by atoms with van der Waals surface area (Å²) in [7, 11) is 0. The molecule has 2 unspecified atom stereocenters. The average Bonchev–Trinajstić information content (AvgIpc) is 2.82. The fraction of sp³-hybridized carbons (Fsp3) is 0.444. The number of nitrogens with zero attached hydrogens (tertiary/aromatic N) is 1. The van der Waals surface area contributed by atoms with Gasteiger partial charge in [-0.15, -0.1) is 11.8 Å². The van der Waals surface area contributed by atoms with E-state index >= 15 is 0 Å². The molecule has 1 aliphatic heterocycles. The first-order valence-electron chi connectivity index (χ1n) is 8.54. The van der Waals surface area contributed by atoms with E-state index < -0.39 is 0 Å². The monoisotopic (exact) mass is 361 g/mol. The van der Waals surface area contributed by atoms with Gasteiger partial charge in [-0.2, -0.15) is 0 Å². The van der Waals surface area contributed by atoms with Crippen molar-refractivity contribution in [2.75, 3.05) is 17.7 Å². The topological polar surface area (TPSA) is 76.1 Å². The van der Waals surface area contributed by atoms with E-state index in [-0.39, 0.29) is 22.8 Å². The first kappa shape index (κ1) is 17.7. The molecule has 6 nitrogen and oxygen atoms in total. The SMILES string of the molecule is CCOc1ccccc1C1SCC(=O)Nc2c1c(=O)[nH]n2C(C)CC. The average molecular weight is 361 g/mol. The van der Waals surface area contributed by atoms with E-state index in [9.17, 15) is 9.59 Å². The molecule has 0 saturated carbocycles. The van der Waals surface area contributed by atoms with Crippen LogP contribution in [0.25, 0.3) is 0 Å². The second kappa shape index (κ2) is 7.39. The number of H-pyrrole nitrogens is 1. The standard InChI is InChI=1S/C18H23N3O3S/c1-4-11(3)21-17-15(18(23)20-21)16(25-10-14(22)19-17)12-8-6-7-9-13(12)24-5-2/h6-9,11,16H,4-5,10H2,1-3H3,(H,19,22)(H,20,23). The van der Waals surface area contributed by atoms with Crippen molar-refractivity contribution in [2.24, 2.45) is 0 Å². The van der Waals surface area contributed by atoms with Gasteiger partial charge in [0.1, 0.15) is 11.6 Å². The lowest BCUT2D eigenvalue weighted by atomic mass is 10.0. The Morgan fingerprint density at radius 1 is 1.32 bits per heavy atom. The molecule has 7 heteroatoms. The van der Waals surface area contributed by atoms with Crippen LogP contribution in [-0.2, 0) is 4.79 Å². The Hall–Kier alpha value is -2.15. The van der Waals surface area contributed by atoms with Gasteiger partial charge in [-0.1, -0.05) is 25.1 Å². The quantitative estimate of drug-likeness (QED) is 0.856. The number of carbonyl (C=O) groups is 1. The molecule has 0 fully saturated rings. The van der Waals surface area contributed by atoms with Crippen molar-refractivity contribution in [3.63, 3.8) is 0 Å². The molecule has 0 saturated heterocycles. The van der Waals surface area contributed by atoms with E-state index in [0.29, 0.717) is 23.7 Å². The molecule has 1 aromatic heterocycles. The van der Waals surface area contributed by atoms with Gasteiger partial charge >= 0.3 is 0 Å². The van der Waals surface area contributed by atoms with Crippen LogP contribution in [0.15, 0.2) is 29.1 Å². The van der Waals surface area contributed by atoms with Crippen LogP contribution in [0.5, 0.6) is 5.75 Å². The molecule has 2 atom stereocenters. The van der Waals surface area contributed by atoms with E-state index in [0.717, 1.165) is 17.7 Å². The number of aromatic amines is 1. The van der Waals surface area contributed by atoms with E-state index in [1.165, 1.54) is 11.8 Å². The Bertz CT molecular complexity index is 827. The van der Waals surface area contributed by atoms with Gasteiger partial charge in [-0.3, -0.25) is 19.4 Å². The van der Waals surface area contributed by atoms with Crippen LogP contribution in [0.4, 0.5) is 5.82 Å². The number of amides is 1. The first-order valence-corrected chi connectivity index (χ1v) is 9.59. The van der Waals surface area contributed by atoms with Crippen molar-refractivity contribution in [3.05, 3.63) is 45.7 Å². The van der Waals surface area contributed by atoms with Crippen LogP contribution >= 0.6 is 11.8 Å². The van der Waals surface area contributed by atoms with E-state index in [1.807, 2.05) is 45.0 Å². The number of nitrogens with one attached hydrogen (secondary N) is 2. The highest BCUT2D eigenvalue weighted by atomic mass is 32.2. The second-order valence-corrected chi connectivity index (χ2v) is 7.13. The van der Waals surface area contributed by atoms with Crippen molar-refractivity contribution in [2.45, 2.75) is 38.5 Å². The van der Waals surface area contributed by atoms with Gasteiger partial charge in [0.15, 0.2) is 0 Å². The van der Waals surface area contributed by atoms with Crippen molar-refractivity contribution in [1.82, 2.24) is 9.78 Å². The highest BCUT2D eigenvalue weighted by molar-refractivity contribution is 8.00. The number of thioether (sulfide) groups is 1. The minimum atomic E-state index is -0.259. The number of hydrogen-bond acceptors (Lipinski definition) is 4. The Morgan fingerprint density at radius 2 is 2.08 bits per heavy atom. The predicted octanol–water partition coefficient (Wildman–Crippen LogP) is 3.32. The van der Waals surface area contributed by atoms with Gasteiger partial charge < -0.3 is 10.1 Å². The maximum Gasteiger partial charge on any atom is 0.270 e. The van der Waals surface area contributed by atoms with Crippen LogP contribution < -0.4 is 15.6 Å². The normalized spacial score (nSPS) is 18.2. The minimum Gasteiger partial charge on any atom is -0.494 e. The van der Waals surface area contributed by atoms with Gasteiger partial charge in [0.2, 0.25) is 5.91 Å². The number of aromatic nitrogens is 2. The number of fused-ring (bicyclic) bond motifs is 1. The predicted molar refractivity (Wildman–Crippen MR) is 101 cm³/mol. The van der Waals surface area contributed by atoms with Gasteiger partial charge in [0.25, 0.3) is 5.56 Å². The van der Waals surface area contributed by atoms with E-state index in [2.05, 4.69) is 10.4 Å². The molecule has 1 aliphatic rings. The zero-order chi connectivity index (χ0) is 18.0. The smallest absolute Gasteiger partial charge is 0.270 e. The lowest BCUT2D eigenvalue weighted by Crippen LogP contribution is -2.18. The number of para-hydroxylation sites is 1. The number of rotatable bonds is 5. The molecule has 1 aromatic carbocycles. The second-order valence-electron chi connectivity index (χ2n) is 6.04. The molecule has 0 bridgehead atoms. The number of hydrogen-bond donors (Lipinski definition) is 2. The third kappa shape index (κ3) is 3.33. The highest BCUT2D eigenvalue weighted by Crippen LogP contribution is 2.43. The summed E-state index contributed by atoms with van der Waals surface area (Å²) in [6.45, 7) is 6.54. The summed E-state index contributed by atoms with van der Waals surface area (Å²) in [5.41, 5.74) is 1.34. The molecule has 2 heterocycles. The van der Waals surface area contributed by atoms with Crippen LogP contribution in [0.1, 0.15) is 49.6 Å². The molecule has 2 N–H and O–H groups in total. The molecular weight excluding hydrogens is 338 g/mol. The van der Waals surface area contributed by atoms with Crippen LogP contribution in [0.3, 0.4) is 0 Å². The third-order valence-corrected chi connectivity index (χ3v) is 5.65. The van der Waals surface area contributed by atoms with Gasteiger partial charge in [0.05, 0.1) is 23.2 Å². The van der Waals surface area contributed by atoms with Crippen molar-refractivity contribution in [1.29, 1.82) is 0 Å². The maximum absolute atomic E-state index is 12.7. The first-order chi connectivity index (χ1) is 12.1. The Kier molecular flexibility index (Phi) is 5.22. The molecule has 3 rings (SSSR count). The largest absolute Gasteiger partial charge is 0.494 e. The lowest BCUT2D eigenvalue weighted by molar-refractivity contribution is -0.113. The third-order valence-electron chi connectivity index (χ3n) is 4.40. The number of ether oxygens (including phenoxy) is 1. The number of anilines is 1. The summed E-state index contributed by atoms with van der Waals surface area (Å²) in [6, 6.07) is 7.79. The molecule has 134 valence electrons. The molecular formula is C18H23N3O3S. The summed E-state index contributed by atoms with van der Waals surface area (Å²) < 4.78 is 7.53. The van der Waals surface area contributed by atoms with Crippen LogP contribution in [0.2, 0.25) is 0 Å². The van der Waals surface area contributed by atoms with Crippen molar-refractivity contribution in [3.8, 4) is 5.75 Å². The fourth-order valence-electron chi connectivity index (χ4n) is 2.99. The molecule has 2 aromatic rings. The Balaban J connectivity index is 2.17. The number of carbonyl (C=O) groups excluding carboxylic acids is 1. The molecule has 0 aliphatic carbocycles. The lowest BCUT2D eigenvalue weighted by Gasteiger charge is -2.18. The molecule has 0 spiro atoms. The zero-order valence-corrected chi connectivity index (χ0v) is 15.5. The maximum atomic E-state index is 12.7. The number of benzene rings is 1. The minimum absolute atomic E-state index is 0.0858. The summed E-state index contributed by atoms with van der Waals surface area (Å²) in [5, 5.41) is 5.55. The van der Waals surface area contributed by atoms with Gasteiger partial charge in [0, 0.05) is 11.6 Å². The van der Waals surface area contributed by atoms with Crippen LogP contribution in [0, 0.1) is 0 Å². The molecule has 1 amide bonds. The summed E-state index contributed by atoms with van der Waals surface area (Å²) in [4.78, 5) is 24.9. The summed E-state index contributed by atoms with van der Waals surface area (Å²) in [5.74, 6) is 1.52. The fourth-order valence-corrected chi connectivity index (χ4v) is 4.14. The van der Waals surface area contributed by atoms with Crippen molar-refractivity contribution < 1.29 is 9.53 Å². The van der Waals surface area contributed by atoms with E-state index in [4.69, 9.17) is 4.74 Å². The van der Waals surface area contributed by atoms with Crippen molar-refractivity contribution >= 4 is 23.5 Å². The van der Waals surface area contributed by atoms with Gasteiger partial charge in [-0.25, -0.2) is 0 Å².